The second kappa shape index (κ2) is 7.71. The van der Waals surface area contributed by atoms with Crippen LogP contribution >= 0.6 is 0 Å². The van der Waals surface area contributed by atoms with E-state index in [1.54, 1.807) is 66.7 Å². The SMILES string of the molecule is COc1cccc(OC)c1C(=O)Nc1ccc(N2C(=O)c3ccccc3C2=O)cc1. The Hall–Kier alpha value is -4.13. The number of nitrogens with zero attached hydrogens (tertiary/aromatic N) is 1. The predicted octanol–water partition coefficient (Wildman–Crippen LogP) is 3.76. The van der Waals surface area contributed by atoms with Gasteiger partial charge in [-0.25, -0.2) is 4.90 Å². The molecule has 150 valence electrons. The average Bonchev–Trinajstić information content (AvgIpc) is 3.04. The summed E-state index contributed by atoms with van der Waals surface area (Å²) >= 11 is 0. The summed E-state index contributed by atoms with van der Waals surface area (Å²) in [6.45, 7) is 0. The van der Waals surface area contributed by atoms with Gasteiger partial charge in [0.25, 0.3) is 17.7 Å². The molecular weight excluding hydrogens is 384 g/mol. The smallest absolute Gasteiger partial charge is 0.266 e. The molecule has 0 saturated carbocycles. The van der Waals surface area contributed by atoms with E-state index < -0.39 is 5.91 Å². The van der Waals surface area contributed by atoms with Crippen molar-refractivity contribution >= 4 is 29.1 Å². The first-order valence-corrected chi connectivity index (χ1v) is 9.15. The van der Waals surface area contributed by atoms with Crippen LogP contribution in [-0.4, -0.2) is 31.9 Å². The fraction of sp³-hybridized carbons (Fsp3) is 0.0870. The lowest BCUT2D eigenvalue weighted by molar-refractivity contribution is 0.0924. The summed E-state index contributed by atoms with van der Waals surface area (Å²) in [7, 11) is 2.95. The molecule has 0 radical (unpaired) electrons. The number of carbonyl (C=O) groups is 3. The maximum atomic E-state index is 12.8. The van der Waals surface area contributed by atoms with Crippen LogP contribution in [0.4, 0.5) is 11.4 Å². The molecule has 7 nitrogen and oxygen atoms in total. The molecule has 7 heteroatoms. The minimum atomic E-state index is -0.405. The van der Waals surface area contributed by atoms with Gasteiger partial charge in [0, 0.05) is 5.69 Å². The van der Waals surface area contributed by atoms with Crippen LogP contribution in [-0.2, 0) is 0 Å². The minimum Gasteiger partial charge on any atom is -0.496 e. The van der Waals surface area contributed by atoms with Gasteiger partial charge in [-0.05, 0) is 48.5 Å². The molecular formula is C23H18N2O5. The molecule has 0 aliphatic carbocycles. The number of rotatable bonds is 5. The summed E-state index contributed by atoms with van der Waals surface area (Å²) in [6, 6.07) is 18.2. The van der Waals surface area contributed by atoms with E-state index in [9.17, 15) is 14.4 Å². The summed E-state index contributed by atoms with van der Waals surface area (Å²) in [5, 5.41) is 2.78. The van der Waals surface area contributed by atoms with Crippen molar-refractivity contribution in [1.82, 2.24) is 0 Å². The Morgan fingerprint density at radius 3 is 1.80 bits per heavy atom. The predicted molar refractivity (Wildman–Crippen MR) is 112 cm³/mol. The Labute approximate surface area is 172 Å². The normalized spacial score (nSPS) is 12.5. The number of amides is 3. The van der Waals surface area contributed by atoms with E-state index in [1.165, 1.54) is 14.2 Å². The number of imide groups is 1. The third kappa shape index (κ3) is 3.16. The Morgan fingerprint density at radius 1 is 0.767 bits per heavy atom. The lowest BCUT2D eigenvalue weighted by atomic mass is 10.1. The Kier molecular flexibility index (Phi) is 4.93. The molecule has 4 rings (SSSR count). The molecule has 0 aromatic heterocycles. The van der Waals surface area contributed by atoms with E-state index in [-0.39, 0.29) is 17.4 Å². The van der Waals surface area contributed by atoms with Gasteiger partial charge in [0.1, 0.15) is 17.1 Å². The van der Waals surface area contributed by atoms with Crippen LogP contribution < -0.4 is 19.7 Å². The topological polar surface area (TPSA) is 84.9 Å². The maximum absolute atomic E-state index is 12.8. The molecule has 1 aliphatic heterocycles. The first kappa shape index (κ1) is 19.2. The van der Waals surface area contributed by atoms with Crippen LogP contribution in [0.3, 0.4) is 0 Å². The summed E-state index contributed by atoms with van der Waals surface area (Å²) in [5.41, 5.74) is 1.95. The van der Waals surface area contributed by atoms with Crippen molar-refractivity contribution in [3.63, 3.8) is 0 Å². The highest BCUT2D eigenvalue weighted by Crippen LogP contribution is 2.31. The monoisotopic (exact) mass is 402 g/mol. The van der Waals surface area contributed by atoms with E-state index in [2.05, 4.69) is 5.32 Å². The van der Waals surface area contributed by atoms with Crippen LogP contribution in [0.1, 0.15) is 31.1 Å². The second-order valence-electron chi connectivity index (χ2n) is 6.53. The molecule has 30 heavy (non-hydrogen) atoms. The Morgan fingerprint density at radius 2 is 1.30 bits per heavy atom. The van der Waals surface area contributed by atoms with Gasteiger partial charge in [-0.2, -0.15) is 0 Å². The van der Waals surface area contributed by atoms with Crippen molar-refractivity contribution in [2.45, 2.75) is 0 Å². The molecule has 0 fully saturated rings. The van der Waals surface area contributed by atoms with Gasteiger partial charge in [0.15, 0.2) is 0 Å². The van der Waals surface area contributed by atoms with Crippen molar-refractivity contribution in [3.05, 3.63) is 83.4 Å². The van der Waals surface area contributed by atoms with Crippen molar-refractivity contribution in [2.24, 2.45) is 0 Å². The van der Waals surface area contributed by atoms with E-state index >= 15 is 0 Å². The fourth-order valence-corrected chi connectivity index (χ4v) is 3.39. The van der Waals surface area contributed by atoms with Crippen molar-refractivity contribution < 1.29 is 23.9 Å². The summed E-state index contributed by atoms with van der Waals surface area (Å²) in [4.78, 5) is 39.1. The van der Waals surface area contributed by atoms with E-state index in [4.69, 9.17) is 9.47 Å². The minimum absolute atomic E-state index is 0.270. The molecule has 3 aromatic rings. The average molecular weight is 402 g/mol. The van der Waals surface area contributed by atoms with Gasteiger partial charge in [-0.1, -0.05) is 18.2 Å². The van der Waals surface area contributed by atoms with Crippen molar-refractivity contribution in [2.75, 3.05) is 24.4 Å². The summed E-state index contributed by atoms with van der Waals surface area (Å²) in [6.07, 6.45) is 0. The number of hydrogen-bond acceptors (Lipinski definition) is 5. The van der Waals surface area contributed by atoms with Gasteiger partial charge >= 0.3 is 0 Å². The van der Waals surface area contributed by atoms with Gasteiger partial charge < -0.3 is 14.8 Å². The largest absolute Gasteiger partial charge is 0.496 e. The maximum Gasteiger partial charge on any atom is 0.266 e. The number of nitrogens with one attached hydrogen (secondary N) is 1. The zero-order valence-electron chi connectivity index (χ0n) is 16.3. The third-order valence-corrected chi connectivity index (χ3v) is 4.83. The highest BCUT2D eigenvalue weighted by atomic mass is 16.5. The highest BCUT2D eigenvalue weighted by molar-refractivity contribution is 6.34. The first-order valence-electron chi connectivity index (χ1n) is 9.15. The van der Waals surface area contributed by atoms with Crippen molar-refractivity contribution in [1.29, 1.82) is 0 Å². The second-order valence-corrected chi connectivity index (χ2v) is 6.53. The standard InChI is InChI=1S/C23H18N2O5/c1-29-18-8-5-9-19(30-2)20(18)21(26)24-14-10-12-15(13-11-14)25-22(27)16-6-3-4-7-17(16)23(25)28/h3-13H,1-2H3,(H,24,26). The molecule has 3 amide bonds. The van der Waals surface area contributed by atoms with Crippen molar-refractivity contribution in [3.8, 4) is 11.5 Å². The molecule has 0 bridgehead atoms. The molecule has 1 heterocycles. The lowest BCUT2D eigenvalue weighted by Gasteiger charge is -2.15. The number of hydrogen-bond donors (Lipinski definition) is 1. The van der Waals surface area contributed by atoms with E-state index in [0.29, 0.717) is 34.0 Å². The number of methoxy groups -OCH3 is 2. The van der Waals surface area contributed by atoms with E-state index in [0.717, 1.165) is 4.90 Å². The van der Waals surface area contributed by atoms with Gasteiger partial charge in [0.2, 0.25) is 0 Å². The quantitative estimate of drug-likeness (QED) is 0.657. The molecule has 1 N–H and O–H groups in total. The van der Waals surface area contributed by atoms with Gasteiger partial charge in [-0.15, -0.1) is 0 Å². The lowest BCUT2D eigenvalue weighted by Crippen LogP contribution is -2.29. The molecule has 0 atom stereocenters. The highest BCUT2D eigenvalue weighted by Gasteiger charge is 2.36. The van der Waals surface area contributed by atoms with Crippen LogP contribution in [0.15, 0.2) is 66.7 Å². The number of benzene rings is 3. The summed E-state index contributed by atoms with van der Waals surface area (Å²) < 4.78 is 10.5. The number of fused-ring (bicyclic) bond motifs is 1. The van der Waals surface area contributed by atoms with Crippen LogP contribution in [0.5, 0.6) is 11.5 Å². The number of anilines is 2. The Balaban J connectivity index is 1.57. The zero-order valence-corrected chi connectivity index (χ0v) is 16.3. The molecule has 0 saturated heterocycles. The van der Waals surface area contributed by atoms with Gasteiger partial charge in [0.05, 0.1) is 31.0 Å². The number of carbonyl (C=O) groups excluding carboxylic acids is 3. The van der Waals surface area contributed by atoms with Crippen LogP contribution in [0.2, 0.25) is 0 Å². The molecule has 0 unspecified atom stereocenters. The fourth-order valence-electron chi connectivity index (χ4n) is 3.39. The van der Waals surface area contributed by atoms with Crippen LogP contribution in [0, 0.1) is 0 Å². The van der Waals surface area contributed by atoms with Gasteiger partial charge in [-0.3, -0.25) is 14.4 Å². The zero-order chi connectivity index (χ0) is 21.3. The third-order valence-electron chi connectivity index (χ3n) is 4.83. The number of ether oxygens (including phenoxy) is 2. The molecule has 3 aromatic carbocycles. The van der Waals surface area contributed by atoms with Crippen LogP contribution in [0.25, 0.3) is 0 Å². The molecule has 1 aliphatic rings. The van der Waals surface area contributed by atoms with E-state index in [1.807, 2.05) is 0 Å². The summed E-state index contributed by atoms with van der Waals surface area (Å²) in [5.74, 6) is -0.376. The Bertz CT molecular complexity index is 1100. The molecule has 0 spiro atoms. The first-order chi connectivity index (χ1) is 14.5.